The quantitative estimate of drug-likeness (QED) is 0.798. The second kappa shape index (κ2) is 7.76. The van der Waals surface area contributed by atoms with Crippen LogP contribution < -0.4 is 9.80 Å². The van der Waals surface area contributed by atoms with E-state index in [0.29, 0.717) is 23.9 Å². The summed E-state index contributed by atoms with van der Waals surface area (Å²) >= 11 is 6.45. The van der Waals surface area contributed by atoms with E-state index >= 15 is 0 Å². The van der Waals surface area contributed by atoms with Gasteiger partial charge in [0.25, 0.3) is 0 Å². The molecule has 1 aliphatic heterocycles. The van der Waals surface area contributed by atoms with E-state index in [9.17, 15) is 4.79 Å². The number of ether oxygens (including phenoxy) is 2. The molecule has 0 fully saturated rings. The number of carbonyl (C=O) groups is 1. The topological polar surface area (TPSA) is 70.7 Å². The Balaban J connectivity index is 1.78. The van der Waals surface area contributed by atoms with Crippen LogP contribution in [-0.4, -0.2) is 50.0 Å². The molecule has 1 aromatic carbocycles. The first-order chi connectivity index (χ1) is 12.1. The summed E-state index contributed by atoms with van der Waals surface area (Å²) < 4.78 is 10.1. The van der Waals surface area contributed by atoms with Crippen molar-refractivity contribution in [3.05, 3.63) is 40.9 Å². The molecular weight excluding hydrogens is 344 g/mol. The number of anilines is 2. The van der Waals surface area contributed by atoms with Crippen LogP contribution >= 0.6 is 11.6 Å². The van der Waals surface area contributed by atoms with Gasteiger partial charge in [0.05, 0.1) is 30.9 Å². The number of fused-ring (bicyclic) bond motifs is 1. The van der Waals surface area contributed by atoms with E-state index in [4.69, 9.17) is 21.1 Å². The lowest BCUT2D eigenvalue weighted by molar-refractivity contribution is 0.104. The van der Waals surface area contributed by atoms with Gasteiger partial charge < -0.3 is 19.4 Å². The summed E-state index contributed by atoms with van der Waals surface area (Å²) in [7, 11) is 3.23. The average Bonchev–Trinajstić information content (AvgIpc) is 3.25. The lowest BCUT2D eigenvalue weighted by atomic mass is 10.1. The number of aromatic nitrogens is 2. The third-order valence-corrected chi connectivity index (χ3v) is 4.55. The molecule has 134 valence electrons. The fourth-order valence-corrected chi connectivity index (χ4v) is 3.15. The Morgan fingerprint density at radius 3 is 3.00 bits per heavy atom. The van der Waals surface area contributed by atoms with Crippen molar-refractivity contribution in [2.45, 2.75) is 13.0 Å². The normalized spacial score (nSPS) is 13.0. The summed E-state index contributed by atoms with van der Waals surface area (Å²) in [5.41, 5.74) is 3.78. The highest BCUT2D eigenvalue weighted by molar-refractivity contribution is 6.32. The predicted molar refractivity (Wildman–Crippen MR) is 96.4 cm³/mol. The van der Waals surface area contributed by atoms with Crippen molar-refractivity contribution in [1.29, 1.82) is 0 Å². The van der Waals surface area contributed by atoms with Crippen LogP contribution in [-0.2, 0) is 22.4 Å². The lowest BCUT2D eigenvalue weighted by Crippen LogP contribution is -2.28. The van der Waals surface area contributed by atoms with Crippen molar-refractivity contribution >= 4 is 29.1 Å². The van der Waals surface area contributed by atoms with Crippen LogP contribution in [0.5, 0.6) is 0 Å². The zero-order chi connectivity index (χ0) is 17.8. The molecule has 0 saturated heterocycles. The van der Waals surface area contributed by atoms with Crippen molar-refractivity contribution in [1.82, 2.24) is 9.97 Å². The van der Waals surface area contributed by atoms with Gasteiger partial charge in [-0.2, -0.15) is 0 Å². The number of amides is 1. The Morgan fingerprint density at radius 2 is 2.28 bits per heavy atom. The van der Waals surface area contributed by atoms with Gasteiger partial charge in [0, 0.05) is 37.6 Å². The fourth-order valence-electron chi connectivity index (χ4n) is 2.85. The fraction of sp³-hybridized carbons (Fsp3) is 0.412. The summed E-state index contributed by atoms with van der Waals surface area (Å²) in [6.45, 7) is 2.14. The number of nitrogens with zero attached hydrogens (tertiary/aromatic N) is 3. The zero-order valence-corrected chi connectivity index (χ0v) is 15.0. The van der Waals surface area contributed by atoms with Gasteiger partial charge in [0.1, 0.15) is 6.61 Å². The summed E-state index contributed by atoms with van der Waals surface area (Å²) in [6, 6.07) is 3.77. The molecule has 1 aliphatic rings. The second-order valence-corrected chi connectivity index (χ2v) is 6.23. The molecule has 1 aromatic heterocycles. The Kier molecular flexibility index (Phi) is 5.45. The minimum absolute atomic E-state index is 0.212. The molecular formula is C17H21ClN4O3. The van der Waals surface area contributed by atoms with Gasteiger partial charge in [0.2, 0.25) is 0 Å². The number of methoxy groups -OCH3 is 1. The number of halogens is 1. The van der Waals surface area contributed by atoms with Crippen LogP contribution in [0, 0.1) is 0 Å². The minimum Gasteiger partial charge on any atom is -0.447 e. The van der Waals surface area contributed by atoms with Crippen LogP contribution in [0.25, 0.3) is 0 Å². The maximum absolute atomic E-state index is 12.1. The van der Waals surface area contributed by atoms with E-state index in [-0.39, 0.29) is 6.61 Å². The van der Waals surface area contributed by atoms with E-state index in [2.05, 4.69) is 14.9 Å². The van der Waals surface area contributed by atoms with E-state index in [1.807, 2.05) is 12.3 Å². The maximum atomic E-state index is 12.1. The zero-order valence-electron chi connectivity index (χ0n) is 14.3. The van der Waals surface area contributed by atoms with Gasteiger partial charge in [-0.3, -0.25) is 4.90 Å². The Hall–Kier alpha value is -2.25. The highest BCUT2D eigenvalue weighted by atomic mass is 35.5. The Morgan fingerprint density at radius 1 is 1.44 bits per heavy atom. The average molecular weight is 365 g/mol. The van der Waals surface area contributed by atoms with Crippen LogP contribution in [0.3, 0.4) is 0 Å². The molecule has 7 nitrogen and oxygen atoms in total. The van der Waals surface area contributed by atoms with Gasteiger partial charge in [-0.25, -0.2) is 9.78 Å². The number of rotatable bonds is 6. The lowest BCUT2D eigenvalue weighted by Gasteiger charge is -2.22. The summed E-state index contributed by atoms with van der Waals surface area (Å²) in [5.74, 6) is 0. The smallest absolute Gasteiger partial charge is 0.414 e. The molecule has 0 spiro atoms. The number of aromatic amines is 1. The first kappa shape index (κ1) is 17.6. The first-order valence-electron chi connectivity index (χ1n) is 8.04. The molecule has 1 N–H and O–H groups in total. The van der Waals surface area contributed by atoms with Gasteiger partial charge in [0.15, 0.2) is 0 Å². The van der Waals surface area contributed by atoms with Gasteiger partial charge >= 0.3 is 6.09 Å². The standard InChI is InChI=1S/C17H21ClN4O3/c1-21(17(23)25-6-5-24-2)13-7-15(18)14-3-4-22(16(14)8-13)10-12-9-19-11-20-12/h7-9,11H,3-6,10H2,1-2H3,(H,19,20). The molecule has 2 aromatic rings. The van der Waals surface area contributed by atoms with Crippen LogP contribution in [0.15, 0.2) is 24.7 Å². The van der Waals surface area contributed by atoms with Gasteiger partial charge in [-0.1, -0.05) is 11.6 Å². The van der Waals surface area contributed by atoms with Crippen LogP contribution in [0.2, 0.25) is 5.02 Å². The molecule has 0 saturated carbocycles. The van der Waals surface area contributed by atoms with Crippen LogP contribution in [0.1, 0.15) is 11.3 Å². The molecule has 0 aliphatic carbocycles. The van der Waals surface area contributed by atoms with Gasteiger partial charge in [-0.05, 0) is 24.1 Å². The van der Waals surface area contributed by atoms with Crippen LogP contribution in [0.4, 0.5) is 16.2 Å². The number of H-pyrrole nitrogens is 1. The first-order valence-corrected chi connectivity index (χ1v) is 8.42. The summed E-state index contributed by atoms with van der Waals surface area (Å²) in [6.07, 6.45) is 3.98. The molecule has 3 rings (SSSR count). The number of carbonyl (C=O) groups excluding carboxylic acids is 1. The van der Waals surface area contributed by atoms with E-state index in [0.717, 1.165) is 29.9 Å². The molecule has 2 heterocycles. The number of imidazole rings is 1. The number of nitrogens with one attached hydrogen (secondary N) is 1. The molecule has 25 heavy (non-hydrogen) atoms. The molecule has 1 amide bonds. The van der Waals surface area contributed by atoms with E-state index in [1.54, 1.807) is 26.6 Å². The highest BCUT2D eigenvalue weighted by Crippen LogP contribution is 2.38. The monoisotopic (exact) mass is 364 g/mol. The number of hydrogen-bond acceptors (Lipinski definition) is 5. The number of benzene rings is 1. The third kappa shape index (κ3) is 3.88. The molecule has 8 heteroatoms. The molecule has 0 unspecified atom stereocenters. The maximum Gasteiger partial charge on any atom is 0.414 e. The summed E-state index contributed by atoms with van der Waals surface area (Å²) in [4.78, 5) is 23.0. The Labute approximate surface area is 151 Å². The van der Waals surface area contributed by atoms with E-state index in [1.165, 1.54) is 4.90 Å². The third-order valence-electron chi connectivity index (χ3n) is 4.21. The summed E-state index contributed by atoms with van der Waals surface area (Å²) in [5, 5.41) is 0.661. The molecule has 0 radical (unpaired) electrons. The number of hydrogen-bond donors (Lipinski definition) is 1. The van der Waals surface area contributed by atoms with Crippen molar-refractivity contribution in [2.24, 2.45) is 0 Å². The van der Waals surface area contributed by atoms with Crippen molar-refractivity contribution < 1.29 is 14.3 Å². The SMILES string of the molecule is COCCOC(=O)N(C)c1cc(Cl)c2c(c1)N(Cc1c[nH]cn1)CC2. The highest BCUT2D eigenvalue weighted by Gasteiger charge is 2.25. The van der Waals surface area contributed by atoms with Crippen molar-refractivity contribution in [3.8, 4) is 0 Å². The van der Waals surface area contributed by atoms with Crippen molar-refractivity contribution in [2.75, 3.05) is 43.7 Å². The Bertz CT molecular complexity index is 736. The molecule has 0 bridgehead atoms. The van der Waals surface area contributed by atoms with E-state index < -0.39 is 6.09 Å². The molecule has 0 atom stereocenters. The largest absolute Gasteiger partial charge is 0.447 e. The second-order valence-electron chi connectivity index (χ2n) is 5.82. The van der Waals surface area contributed by atoms with Crippen molar-refractivity contribution in [3.63, 3.8) is 0 Å². The predicted octanol–water partition coefficient (Wildman–Crippen LogP) is 2.85. The van der Waals surface area contributed by atoms with Gasteiger partial charge in [-0.15, -0.1) is 0 Å². The minimum atomic E-state index is -0.440.